The molecule has 2 heterocycles. The average Bonchev–Trinajstić information content (AvgIpc) is 3.09. The van der Waals surface area contributed by atoms with E-state index in [1.807, 2.05) is 36.3 Å². The number of carbonyl (C=O) groups excluding carboxylic acids is 1. The minimum Gasteiger partial charge on any atom is -0.361 e. The minimum atomic E-state index is 0.212. The van der Waals surface area contributed by atoms with Gasteiger partial charge in [-0.25, -0.2) is 0 Å². The van der Waals surface area contributed by atoms with Gasteiger partial charge in [-0.15, -0.1) is 0 Å². The lowest BCUT2D eigenvalue weighted by Crippen LogP contribution is -2.42. The van der Waals surface area contributed by atoms with Crippen LogP contribution in [0.1, 0.15) is 17.5 Å². The van der Waals surface area contributed by atoms with E-state index in [4.69, 9.17) is 0 Å². The van der Waals surface area contributed by atoms with Gasteiger partial charge in [0.15, 0.2) is 0 Å². The first-order valence-electron chi connectivity index (χ1n) is 9.34. The number of para-hydroxylation sites is 2. The standard InChI is InChI=1S/C22H25N3O/c1-23-13-16-12-17-6-2-5-9-21(17)25(15-16)22(26)11-10-18-14-24-20-8-4-3-7-19(18)20/h2-9,14,16,23-24H,10-13,15H2,1H3. The summed E-state index contributed by atoms with van der Waals surface area (Å²) in [6, 6.07) is 16.6. The summed E-state index contributed by atoms with van der Waals surface area (Å²) in [6.07, 6.45) is 4.36. The lowest BCUT2D eigenvalue weighted by molar-refractivity contribution is -0.118. The van der Waals surface area contributed by atoms with Crippen molar-refractivity contribution in [2.24, 2.45) is 5.92 Å². The minimum absolute atomic E-state index is 0.212. The van der Waals surface area contributed by atoms with Crippen LogP contribution in [0, 0.1) is 5.92 Å². The van der Waals surface area contributed by atoms with E-state index in [1.54, 1.807) is 0 Å². The molecule has 1 aliphatic rings. The molecular formula is C22H25N3O. The highest BCUT2D eigenvalue weighted by atomic mass is 16.2. The monoisotopic (exact) mass is 347 g/mol. The first-order chi connectivity index (χ1) is 12.8. The average molecular weight is 347 g/mol. The number of fused-ring (bicyclic) bond motifs is 2. The van der Waals surface area contributed by atoms with Gasteiger partial charge in [0.2, 0.25) is 5.91 Å². The van der Waals surface area contributed by atoms with Gasteiger partial charge in [-0.05, 0) is 55.6 Å². The Morgan fingerprint density at radius 3 is 2.88 bits per heavy atom. The number of aryl methyl sites for hydroxylation is 1. The summed E-state index contributed by atoms with van der Waals surface area (Å²) in [6.45, 7) is 1.73. The number of benzene rings is 2. The molecule has 0 bridgehead atoms. The van der Waals surface area contributed by atoms with Gasteiger partial charge < -0.3 is 15.2 Å². The fourth-order valence-corrected chi connectivity index (χ4v) is 4.06. The van der Waals surface area contributed by atoms with E-state index in [2.05, 4.69) is 40.6 Å². The van der Waals surface area contributed by atoms with Crippen molar-refractivity contribution in [1.82, 2.24) is 10.3 Å². The van der Waals surface area contributed by atoms with Crippen LogP contribution in [0.5, 0.6) is 0 Å². The summed E-state index contributed by atoms with van der Waals surface area (Å²) in [7, 11) is 1.98. The number of amides is 1. The third-order valence-electron chi connectivity index (χ3n) is 5.31. The SMILES string of the molecule is CNCC1Cc2ccccc2N(C(=O)CCc2c[nH]c3ccccc23)C1. The maximum absolute atomic E-state index is 13.0. The largest absolute Gasteiger partial charge is 0.361 e. The number of H-pyrrole nitrogens is 1. The van der Waals surface area contributed by atoms with Crippen molar-refractivity contribution in [3.63, 3.8) is 0 Å². The van der Waals surface area contributed by atoms with Gasteiger partial charge in [0.25, 0.3) is 0 Å². The van der Waals surface area contributed by atoms with Crippen LogP contribution in [0.4, 0.5) is 5.69 Å². The first kappa shape index (κ1) is 16.9. The Labute approximate surface area is 154 Å². The van der Waals surface area contributed by atoms with Crippen molar-refractivity contribution in [3.05, 3.63) is 65.9 Å². The van der Waals surface area contributed by atoms with Crippen LogP contribution in [0.3, 0.4) is 0 Å². The lowest BCUT2D eigenvalue weighted by Gasteiger charge is -2.34. The molecular weight excluding hydrogens is 322 g/mol. The second kappa shape index (κ2) is 7.34. The Bertz CT molecular complexity index is 914. The second-order valence-electron chi connectivity index (χ2n) is 7.12. The van der Waals surface area contributed by atoms with E-state index in [1.165, 1.54) is 16.5 Å². The zero-order chi connectivity index (χ0) is 17.9. The smallest absolute Gasteiger partial charge is 0.227 e. The van der Waals surface area contributed by atoms with Gasteiger partial charge in [0.1, 0.15) is 0 Å². The molecule has 4 nitrogen and oxygen atoms in total. The number of rotatable bonds is 5. The van der Waals surface area contributed by atoms with E-state index in [-0.39, 0.29) is 5.91 Å². The third-order valence-corrected chi connectivity index (χ3v) is 5.31. The number of anilines is 1. The van der Waals surface area contributed by atoms with Gasteiger partial charge in [-0.2, -0.15) is 0 Å². The summed E-state index contributed by atoms with van der Waals surface area (Å²) < 4.78 is 0. The summed E-state index contributed by atoms with van der Waals surface area (Å²) in [5, 5.41) is 4.48. The van der Waals surface area contributed by atoms with Crippen LogP contribution in [-0.4, -0.2) is 31.0 Å². The van der Waals surface area contributed by atoms with E-state index in [0.717, 1.165) is 37.1 Å². The van der Waals surface area contributed by atoms with Gasteiger partial charge in [-0.1, -0.05) is 36.4 Å². The molecule has 4 rings (SSSR count). The molecule has 26 heavy (non-hydrogen) atoms. The molecule has 2 aromatic carbocycles. The Balaban J connectivity index is 1.51. The van der Waals surface area contributed by atoms with Crippen LogP contribution in [0.15, 0.2) is 54.7 Å². The van der Waals surface area contributed by atoms with Crippen LogP contribution in [0.2, 0.25) is 0 Å². The normalized spacial score (nSPS) is 16.7. The molecule has 1 aliphatic heterocycles. The summed E-state index contributed by atoms with van der Waals surface area (Å²) in [4.78, 5) is 18.3. The topological polar surface area (TPSA) is 48.1 Å². The number of hydrogen-bond acceptors (Lipinski definition) is 2. The first-order valence-corrected chi connectivity index (χ1v) is 9.34. The molecule has 1 atom stereocenters. The highest BCUT2D eigenvalue weighted by molar-refractivity contribution is 5.95. The molecule has 1 unspecified atom stereocenters. The van der Waals surface area contributed by atoms with Crippen molar-refractivity contribution in [1.29, 1.82) is 0 Å². The number of aromatic nitrogens is 1. The molecule has 4 heteroatoms. The van der Waals surface area contributed by atoms with Gasteiger partial charge in [0, 0.05) is 35.8 Å². The molecule has 134 valence electrons. The quantitative estimate of drug-likeness (QED) is 0.742. The molecule has 2 N–H and O–H groups in total. The van der Waals surface area contributed by atoms with Crippen molar-refractivity contribution in [2.75, 3.05) is 25.0 Å². The van der Waals surface area contributed by atoms with E-state index < -0.39 is 0 Å². The maximum atomic E-state index is 13.0. The lowest BCUT2D eigenvalue weighted by atomic mass is 9.92. The van der Waals surface area contributed by atoms with Gasteiger partial charge >= 0.3 is 0 Å². The van der Waals surface area contributed by atoms with E-state index in [0.29, 0.717) is 12.3 Å². The fourth-order valence-electron chi connectivity index (χ4n) is 4.06. The number of carbonyl (C=O) groups is 1. The predicted molar refractivity (Wildman–Crippen MR) is 107 cm³/mol. The molecule has 1 amide bonds. The van der Waals surface area contributed by atoms with Crippen LogP contribution >= 0.6 is 0 Å². The van der Waals surface area contributed by atoms with Crippen molar-refractivity contribution < 1.29 is 4.79 Å². The number of hydrogen-bond donors (Lipinski definition) is 2. The summed E-state index contributed by atoms with van der Waals surface area (Å²) >= 11 is 0. The molecule has 1 aromatic heterocycles. The van der Waals surface area contributed by atoms with Crippen LogP contribution in [-0.2, 0) is 17.6 Å². The van der Waals surface area contributed by atoms with Crippen molar-refractivity contribution >= 4 is 22.5 Å². The second-order valence-corrected chi connectivity index (χ2v) is 7.12. The Morgan fingerprint density at radius 1 is 1.19 bits per heavy atom. The zero-order valence-electron chi connectivity index (χ0n) is 15.2. The highest BCUT2D eigenvalue weighted by Gasteiger charge is 2.27. The maximum Gasteiger partial charge on any atom is 0.227 e. The molecule has 0 aliphatic carbocycles. The van der Waals surface area contributed by atoms with E-state index in [9.17, 15) is 4.79 Å². The summed E-state index contributed by atoms with van der Waals surface area (Å²) in [5.74, 6) is 0.676. The van der Waals surface area contributed by atoms with E-state index >= 15 is 0 Å². The Hall–Kier alpha value is -2.59. The highest BCUT2D eigenvalue weighted by Crippen LogP contribution is 2.30. The Kier molecular flexibility index (Phi) is 4.76. The molecule has 0 radical (unpaired) electrons. The summed E-state index contributed by atoms with van der Waals surface area (Å²) in [5.41, 5.74) is 4.71. The molecule has 0 fully saturated rings. The van der Waals surface area contributed by atoms with Crippen molar-refractivity contribution in [3.8, 4) is 0 Å². The number of nitrogens with one attached hydrogen (secondary N) is 2. The third kappa shape index (κ3) is 3.25. The molecule has 0 saturated carbocycles. The van der Waals surface area contributed by atoms with Crippen molar-refractivity contribution in [2.45, 2.75) is 19.3 Å². The fraction of sp³-hybridized carbons (Fsp3) is 0.318. The van der Waals surface area contributed by atoms with Crippen LogP contribution in [0.25, 0.3) is 10.9 Å². The molecule has 0 spiro atoms. The van der Waals surface area contributed by atoms with Gasteiger partial charge in [-0.3, -0.25) is 4.79 Å². The Morgan fingerprint density at radius 2 is 2.00 bits per heavy atom. The number of nitrogens with zero attached hydrogens (tertiary/aromatic N) is 1. The van der Waals surface area contributed by atoms with Gasteiger partial charge in [0.05, 0.1) is 0 Å². The predicted octanol–water partition coefficient (Wildman–Crippen LogP) is 3.53. The van der Waals surface area contributed by atoms with Crippen LogP contribution < -0.4 is 10.2 Å². The number of aromatic amines is 1. The zero-order valence-corrected chi connectivity index (χ0v) is 15.2. The molecule has 3 aromatic rings. The molecule has 0 saturated heterocycles.